The number of phosphoric acid groups is 3. The van der Waals surface area contributed by atoms with Crippen LogP contribution in [0, 0.1) is 19.8 Å². The van der Waals surface area contributed by atoms with Gasteiger partial charge >= 0.3 is 42.4 Å². The van der Waals surface area contributed by atoms with Gasteiger partial charge in [-0.05, 0) is 33.1 Å². The molecule has 2 fully saturated rings. The summed E-state index contributed by atoms with van der Waals surface area (Å²) < 4.78 is 103. The maximum Gasteiger partial charge on any atom is 0.472 e. The zero-order chi connectivity index (χ0) is 68.8. The van der Waals surface area contributed by atoms with Crippen molar-refractivity contribution in [2.75, 3.05) is 80.5 Å². The highest BCUT2D eigenvalue weighted by Gasteiger charge is 2.46. The van der Waals surface area contributed by atoms with Crippen LogP contribution in [0.25, 0.3) is 0 Å². The van der Waals surface area contributed by atoms with E-state index in [9.17, 15) is 71.7 Å². The molecule has 0 aromatic carbocycles. The number of rotatable bonds is 50. The molecule has 4 rings (SSSR count). The summed E-state index contributed by atoms with van der Waals surface area (Å²) in [6.07, 6.45) is 17.0. The van der Waals surface area contributed by atoms with Gasteiger partial charge in [0.05, 0.1) is 47.6 Å². The fourth-order valence-electron chi connectivity index (χ4n) is 10.4. The van der Waals surface area contributed by atoms with Gasteiger partial charge in [-0.2, -0.15) is 0 Å². The van der Waals surface area contributed by atoms with Gasteiger partial charge in [0.25, 0.3) is 11.1 Å². The van der Waals surface area contributed by atoms with Crippen molar-refractivity contribution in [3.8, 4) is 0 Å². The fraction of sp³-hybridized carbons (Fsp3) is 0.828. The summed E-state index contributed by atoms with van der Waals surface area (Å²) in [6, 6.07) is -1.35. The van der Waals surface area contributed by atoms with E-state index < -0.39 is 154 Å². The van der Waals surface area contributed by atoms with Crippen molar-refractivity contribution in [3.05, 3.63) is 65.2 Å². The number of amides is 2. The third kappa shape index (κ3) is 33.2. The summed E-state index contributed by atoms with van der Waals surface area (Å²) in [5.41, 5.74) is -3.04. The number of aromatic amines is 2. The maximum absolute atomic E-state index is 13.6. The first-order chi connectivity index (χ1) is 43.8. The number of unbranched alkanes of at least 4 members (excludes halogenated alkanes) is 19. The molecule has 4 heterocycles. The van der Waals surface area contributed by atoms with E-state index in [-0.39, 0.29) is 43.5 Å². The lowest BCUT2D eigenvalue weighted by molar-refractivity contribution is -0.870. The van der Waals surface area contributed by atoms with Crippen molar-refractivity contribution < 1.29 is 98.2 Å². The summed E-state index contributed by atoms with van der Waals surface area (Å²) in [5, 5.41) is 15.6. The van der Waals surface area contributed by atoms with Crippen LogP contribution >= 0.6 is 31.1 Å². The average molecular weight is 1410 g/mol. The van der Waals surface area contributed by atoms with Crippen molar-refractivity contribution in [3.63, 3.8) is 0 Å². The number of aryl methyl sites for hydroxylation is 2. The molecule has 2 aliphatic rings. The number of carbonyl (C=O) groups is 2. The number of carbonyl (C=O) groups excluding carboxylic acids is 2. The largest absolute Gasteiger partial charge is 0.472 e. The molecular weight excluding hydrogens is 1300 g/mol. The number of phosphoric ester groups is 3. The minimum absolute atomic E-state index is 0.0471. The summed E-state index contributed by atoms with van der Waals surface area (Å²) in [4.78, 5) is 123. The number of ether oxygens (including phenoxy) is 2. The van der Waals surface area contributed by atoms with Crippen LogP contribution < -0.4 is 33.1 Å². The Morgan fingerprint density at radius 1 is 0.624 bits per heavy atom. The number of aliphatic hydroxyl groups excluding tert-OH is 1. The number of nitrogens with one attached hydrogen (secondary N) is 4. The minimum atomic E-state index is -5.26. The molecule has 35 heteroatoms. The Morgan fingerprint density at radius 3 is 1.52 bits per heavy atom. The van der Waals surface area contributed by atoms with Crippen molar-refractivity contribution in [2.24, 2.45) is 5.92 Å². The van der Waals surface area contributed by atoms with E-state index in [4.69, 9.17) is 41.1 Å². The van der Waals surface area contributed by atoms with Crippen LogP contribution in [0.1, 0.15) is 191 Å². The summed E-state index contributed by atoms with van der Waals surface area (Å²) in [6.45, 7) is 2.92. The molecule has 5 unspecified atom stereocenters. The van der Waals surface area contributed by atoms with Gasteiger partial charge in [0.15, 0.2) is 0 Å². The van der Waals surface area contributed by atoms with Crippen molar-refractivity contribution in [1.29, 1.82) is 0 Å². The third-order valence-electron chi connectivity index (χ3n) is 15.8. The number of aromatic nitrogens is 4. The third-order valence-corrected chi connectivity index (χ3v) is 19.5. The highest BCUT2D eigenvalue weighted by molar-refractivity contribution is 7.51. The Morgan fingerprint density at radius 2 is 1.06 bits per heavy atom. The summed E-state index contributed by atoms with van der Waals surface area (Å²) >= 11 is 0. The Labute approximate surface area is 544 Å². The smallest absolute Gasteiger partial charge is 0.396 e. The molecule has 0 radical (unpaired) electrons. The second-order valence-electron chi connectivity index (χ2n) is 25.3. The molecule has 12 atom stereocenters. The molecular formula is C58H106N7O24P4+. The van der Waals surface area contributed by atoms with E-state index in [2.05, 4.69) is 27.5 Å². The van der Waals surface area contributed by atoms with Crippen molar-refractivity contribution >= 4 is 42.9 Å². The molecule has 31 nitrogen and oxygen atoms in total. The first-order valence-corrected chi connectivity index (χ1v) is 39.1. The van der Waals surface area contributed by atoms with E-state index in [0.717, 1.165) is 47.7 Å². The normalized spacial score (nSPS) is 21.8. The molecule has 0 spiro atoms. The second kappa shape index (κ2) is 41.1. The van der Waals surface area contributed by atoms with Gasteiger partial charge in [-0.3, -0.25) is 70.0 Å². The van der Waals surface area contributed by atoms with Gasteiger partial charge in [0.2, 0.25) is 11.8 Å². The predicted molar refractivity (Wildman–Crippen MR) is 344 cm³/mol. The number of H-pyrrole nitrogens is 2. The number of quaternary nitrogens is 1. The molecule has 2 aromatic rings. The molecule has 2 amide bonds. The predicted octanol–water partition coefficient (Wildman–Crippen LogP) is 7.16. The molecule has 2 aliphatic heterocycles. The van der Waals surface area contributed by atoms with Gasteiger partial charge in [0, 0.05) is 68.5 Å². The van der Waals surface area contributed by atoms with Crippen LogP contribution in [0.15, 0.2) is 31.6 Å². The lowest BCUT2D eigenvalue weighted by atomic mass is 10.0. The molecule has 93 heavy (non-hydrogen) atoms. The van der Waals surface area contributed by atoms with Gasteiger partial charge < -0.3 is 53.8 Å². The Balaban J connectivity index is 1.27. The Kier molecular flexibility index (Phi) is 36.3. The molecule has 2 aromatic heterocycles. The van der Waals surface area contributed by atoms with Crippen LogP contribution in [-0.2, 0) is 69.0 Å². The van der Waals surface area contributed by atoms with Crippen LogP contribution in [0.4, 0.5) is 0 Å². The van der Waals surface area contributed by atoms with Crippen molar-refractivity contribution in [2.45, 2.75) is 224 Å². The van der Waals surface area contributed by atoms with Gasteiger partial charge in [-0.25, -0.2) is 23.3 Å². The topological polar surface area (TPSA) is 420 Å². The SMILES string of the molecule is CCCCCCCCCCCCCCCCCCCCCC(=O)N[C@@H](COP(=O)(O)OCC[N+](C)(C)C)C(=O)NCCCCC(CO)COP(=O)(O)O[C@@H]1C[C@H](n2cc(C)c(=O)[nH]c2=O)O[C@@H]1COP(=O)(O)O[C@@H]1C[C@H](n2cc(C)c(=O)[nH]c2=O)O[C@@H]1COP(C)(=O)O. The number of hydrogen-bond donors (Lipinski definition) is 9. The lowest BCUT2D eigenvalue weighted by Gasteiger charge is -2.25. The lowest BCUT2D eigenvalue weighted by Crippen LogP contribution is -2.49. The first-order valence-electron chi connectivity index (χ1n) is 32.6. The highest BCUT2D eigenvalue weighted by atomic mass is 31.2. The average Bonchev–Trinajstić information content (AvgIpc) is 1.69. The maximum atomic E-state index is 13.6. The second-order valence-corrected chi connectivity index (χ2v) is 31.4. The standard InChI is InChI=1S/C58H105N7O24P4/c1-8-9-10-11-12-13-14-15-16-17-18-19-20-21-22-23-24-25-26-30-51(67)60-46(40-84-91(75,76)81-33-32-65(4,5)6)56(70)59-31-28-27-29-45(38-66)39-83-92(77,78)88-48-35-53(64-37-44(3)55(69)62-58(64)72)87-50(48)42-85-93(79,80)89-47-34-52(86-49(47)41-82-90(7,73)74)63-36-43(2)54(68)61-57(63)71/h36-37,45-50,52-53,66H,8-35,38-42H2,1-7H3,(H7-,59,60,61,62,67,68,69,70,71,72,73,74,75,76,77,78,79,80)/p+1/t45?,46-,47+,48+,49+,50+,52+,53+/m0/s1. The van der Waals surface area contributed by atoms with Crippen LogP contribution in [-0.4, -0.2) is 171 Å². The highest BCUT2D eigenvalue weighted by Crippen LogP contribution is 2.52. The molecule has 536 valence electrons. The van der Waals surface area contributed by atoms with Crippen LogP contribution in [0.5, 0.6) is 0 Å². The fourth-order valence-corrected chi connectivity index (χ4v) is 13.5. The summed E-state index contributed by atoms with van der Waals surface area (Å²) in [7, 11) is -13.5. The van der Waals surface area contributed by atoms with Crippen LogP contribution in [0.2, 0.25) is 0 Å². The van der Waals surface area contributed by atoms with Crippen LogP contribution in [0.3, 0.4) is 0 Å². The Bertz CT molecular complexity index is 3030. The molecule has 2 saturated heterocycles. The first kappa shape index (κ1) is 82.0. The summed E-state index contributed by atoms with van der Waals surface area (Å²) in [5.74, 6) is -1.89. The quantitative estimate of drug-likeness (QED) is 0.0180. The Hall–Kier alpha value is -3.38. The number of hydrogen-bond acceptors (Lipinski definition) is 20. The molecule has 9 N–H and O–H groups in total. The minimum Gasteiger partial charge on any atom is -0.396 e. The van der Waals surface area contributed by atoms with Gasteiger partial charge in [-0.1, -0.05) is 129 Å². The molecule has 0 aliphatic carbocycles. The molecule has 0 saturated carbocycles. The zero-order valence-corrected chi connectivity index (χ0v) is 58.8. The van der Waals surface area contributed by atoms with E-state index >= 15 is 0 Å². The number of aliphatic hydroxyl groups is 1. The van der Waals surface area contributed by atoms with E-state index in [1.54, 1.807) is 0 Å². The van der Waals surface area contributed by atoms with E-state index in [0.29, 0.717) is 30.3 Å². The monoisotopic (exact) mass is 1410 g/mol. The zero-order valence-electron chi connectivity index (χ0n) is 55.2. The van der Waals surface area contributed by atoms with Gasteiger partial charge in [-0.15, -0.1) is 0 Å². The van der Waals surface area contributed by atoms with E-state index in [1.165, 1.54) is 110 Å². The van der Waals surface area contributed by atoms with Gasteiger partial charge in [0.1, 0.15) is 56.1 Å². The molecule has 0 bridgehead atoms. The number of likely N-dealkylation sites (N-methyl/N-ethyl adjacent to an activating group) is 1. The van der Waals surface area contributed by atoms with E-state index in [1.807, 2.05) is 21.1 Å². The number of nitrogens with zero attached hydrogens (tertiary/aromatic N) is 3. The van der Waals surface area contributed by atoms with Crippen molar-refractivity contribution in [1.82, 2.24) is 29.7 Å².